The Hall–Kier alpha value is -1.42. The zero-order valence-corrected chi connectivity index (χ0v) is 9.36. The van der Waals surface area contributed by atoms with Crippen molar-refractivity contribution >= 4 is 11.0 Å². The molecule has 0 aliphatic rings. The van der Waals surface area contributed by atoms with Crippen LogP contribution in [0.5, 0.6) is 0 Å². The molecule has 0 fully saturated rings. The molecule has 0 amide bonds. The lowest BCUT2D eigenvalue weighted by Gasteiger charge is -2.04. The van der Waals surface area contributed by atoms with Crippen LogP contribution in [0.3, 0.4) is 0 Å². The third-order valence-corrected chi connectivity index (χ3v) is 2.75. The fourth-order valence-corrected chi connectivity index (χ4v) is 1.48. The summed E-state index contributed by atoms with van der Waals surface area (Å²) in [6, 6.07) is 4.28. The maximum absolute atomic E-state index is 5.58. The van der Waals surface area contributed by atoms with Gasteiger partial charge < -0.3 is 5.73 Å². The van der Waals surface area contributed by atoms with Crippen LogP contribution in [0.2, 0.25) is 0 Å². The van der Waals surface area contributed by atoms with E-state index in [0.29, 0.717) is 6.54 Å². The number of benzene rings is 1. The molecule has 0 radical (unpaired) electrons. The summed E-state index contributed by atoms with van der Waals surface area (Å²) in [4.78, 5) is 1.70. The van der Waals surface area contributed by atoms with Gasteiger partial charge in [-0.3, -0.25) is 0 Å². The highest BCUT2D eigenvalue weighted by Gasteiger charge is 2.08. The first-order chi connectivity index (χ1) is 7.11. The molecule has 0 bridgehead atoms. The zero-order valence-electron chi connectivity index (χ0n) is 9.36. The molecule has 0 spiro atoms. The van der Waals surface area contributed by atoms with Crippen molar-refractivity contribution in [3.8, 4) is 0 Å². The summed E-state index contributed by atoms with van der Waals surface area (Å²) in [5.74, 6) is 0. The van der Waals surface area contributed by atoms with Gasteiger partial charge in [0.05, 0.1) is 6.04 Å². The third-order valence-electron chi connectivity index (χ3n) is 2.75. The first-order valence-electron chi connectivity index (χ1n) is 5.15. The van der Waals surface area contributed by atoms with E-state index in [-0.39, 0.29) is 6.04 Å². The second-order valence-electron chi connectivity index (χ2n) is 4.03. The summed E-state index contributed by atoms with van der Waals surface area (Å²) in [5, 5.41) is 8.82. The van der Waals surface area contributed by atoms with Gasteiger partial charge >= 0.3 is 0 Å². The lowest BCUT2D eigenvalue weighted by molar-refractivity contribution is 0.447. The lowest BCUT2D eigenvalue weighted by atomic mass is 10.1. The van der Waals surface area contributed by atoms with Crippen LogP contribution in [0.1, 0.15) is 24.1 Å². The number of aryl methyl sites for hydroxylation is 2. The fourth-order valence-electron chi connectivity index (χ4n) is 1.48. The average molecular weight is 204 g/mol. The second kappa shape index (κ2) is 3.62. The SMILES string of the molecule is Cc1cc2nn(C(C)CN)nc2cc1C. The maximum Gasteiger partial charge on any atom is 0.113 e. The van der Waals surface area contributed by atoms with Gasteiger partial charge in [-0.2, -0.15) is 15.0 Å². The topological polar surface area (TPSA) is 56.7 Å². The minimum Gasteiger partial charge on any atom is -0.328 e. The van der Waals surface area contributed by atoms with Crippen molar-refractivity contribution in [2.24, 2.45) is 5.73 Å². The fraction of sp³-hybridized carbons (Fsp3) is 0.455. The molecule has 0 aliphatic carbocycles. The molecule has 0 saturated heterocycles. The van der Waals surface area contributed by atoms with Gasteiger partial charge in [-0.05, 0) is 44.0 Å². The van der Waals surface area contributed by atoms with Gasteiger partial charge in [0.25, 0.3) is 0 Å². The number of fused-ring (bicyclic) bond motifs is 1. The highest BCUT2D eigenvalue weighted by Crippen LogP contribution is 2.16. The standard InChI is InChI=1S/C11H16N4/c1-7-4-10-11(5-8(7)2)14-15(13-10)9(3)6-12/h4-5,9H,6,12H2,1-3H3. The Morgan fingerprint density at radius 1 is 1.20 bits per heavy atom. The summed E-state index contributed by atoms with van der Waals surface area (Å²) >= 11 is 0. The van der Waals surface area contributed by atoms with Gasteiger partial charge in [0, 0.05) is 6.54 Å². The van der Waals surface area contributed by atoms with Crippen LogP contribution in [0.15, 0.2) is 12.1 Å². The Bertz CT molecular complexity index is 448. The molecule has 1 unspecified atom stereocenters. The Morgan fingerprint density at radius 2 is 1.67 bits per heavy atom. The number of hydrogen-bond donors (Lipinski definition) is 1. The molecule has 2 aromatic rings. The van der Waals surface area contributed by atoms with Crippen molar-refractivity contribution in [2.45, 2.75) is 26.8 Å². The minimum absolute atomic E-state index is 0.151. The van der Waals surface area contributed by atoms with Crippen molar-refractivity contribution in [3.05, 3.63) is 23.3 Å². The van der Waals surface area contributed by atoms with Crippen molar-refractivity contribution in [3.63, 3.8) is 0 Å². The zero-order chi connectivity index (χ0) is 11.0. The largest absolute Gasteiger partial charge is 0.328 e. The summed E-state index contributed by atoms with van der Waals surface area (Å²) in [5.41, 5.74) is 9.96. The van der Waals surface area contributed by atoms with Crippen LogP contribution in [0, 0.1) is 13.8 Å². The van der Waals surface area contributed by atoms with Crippen molar-refractivity contribution in [2.75, 3.05) is 6.54 Å². The molecule has 2 rings (SSSR count). The molecule has 15 heavy (non-hydrogen) atoms. The predicted molar refractivity (Wildman–Crippen MR) is 60.8 cm³/mol. The Balaban J connectivity index is 2.56. The summed E-state index contributed by atoms with van der Waals surface area (Å²) in [6.45, 7) is 6.73. The van der Waals surface area contributed by atoms with E-state index in [2.05, 4.69) is 36.2 Å². The van der Waals surface area contributed by atoms with E-state index in [9.17, 15) is 0 Å². The van der Waals surface area contributed by atoms with E-state index in [1.165, 1.54) is 11.1 Å². The van der Waals surface area contributed by atoms with E-state index >= 15 is 0 Å². The normalized spacial score (nSPS) is 13.3. The molecule has 2 N–H and O–H groups in total. The molecule has 1 aromatic heterocycles. The van der Waals surface area contributed by atoms with Crippen LogP contribution in [0.4, 0.5) is 0 Å². The van der Waals surface area contributed by atoms with Crippen molar-refractivity contribution < 1.29 is 0 Å². The molecular weight excluding hydrogens is 188 g/mol. The molecule has 80 valence electrons. The Kier molecular flexibility index (Phi) is 2.44. The van der Waals surface area contributed by atoms with Gasteiger partial charge in [0.15, 0.2) is 0 Å². The summed E-state index contributed by atoms with van der Waals surface area (Å²) in [7, 11) is 0. The van der Waals surface area contributed by atoms with E-state index < -0.39 is 0 Å². The highest BCUT2D eigenvalue weighted by molar-refractivity contribution is 5.75. The average Bonchev–Trinajstić information content (AvgIpc) is 2.60. The molecule has 4 nitrogen and oxygen atoms in total. The number of nitrogens with zero attached hydrogens (tertiary/aromatic N) is 3. The van der Waals surface area contributed by atoms with Crippen molar-refractivity contribution in [1.29, 1.82) is 0 Å². The van der Waals surface area contributed by atoms with E-state index in [0.717, 1.165) is 11.0 Å². The quantitative estimate of drug-likeness (QED) is 0.807. The molecule has 1 heterocycles. The van der Waals surface area contributed by atoms with E-state index in [4.69, 9.17) is 5.73 Å². The van der Waals surface area contributed by atoms with E-state index in [1.807, 2.05) is 6.92 Å². The van der Waals surface area contributed by atoms with Crippen LogP contribution in [-0.2, 0) is 0 Å². The van der Waals surface area contributed by atoms with Gasteiger partial charge in [-0.25, -0.2) is 0 Å². The number of aromatic nitrogens is 3. The number of hydrogen-bond acceptors (Lipinski definition) is 3. The monoisotopic (exact) mass is 204 g/mol. The molecular formula is C11H16N4. The molecule has 4 heteroatoms. The predicted octanol–water partition coefficient (Wildman–Crippen LogP) is 1.57. The smallest absolute Gasteiger partial charge is 0.113 e. The Labute approximate surface area is 89.1 Å². The van der Waals surface area contributed by atoms with E-state index in [1.54, 1.807) is 4.80 Å². The van der Waals surface area contributed by atoms with Gasteiger partial charge in [0.1, 0.15) is 11.0 Å². The second-order valence-corrected chi connectivity index (χ2v) is 4.03. The first-order valence-corrected chi connectivity index (χ1v) is 5.15. The first kappa shape index (κ1) is 10.1. The number of nitrogens with two attached hydrogens (primary N) is 1. The van der Waals surface area contributed by atoms with Gasteiger partial charge in [-0.15, -0.1) is 0 Å². The highest BCUT2D eigenvalue weighted by atomic mass is 15.5. The molecule has 0 aliphatic heterocycles. The number of rotatable bonds is 2. The molecule has 1 atom stereocenters. The summed E-state index contributed by atoms with van der Waals surface area (Å²) in [6.07, 6.45) is 0. The minimum atomic E-state index is 0.151. The Morgan fingerprint density at radius 3 is 2.07 bits per heavy atom. The summed E-state index contributed by atoms with van der Waals surface area (Å²) < 4.78 is 0. The van der Waals surface area contributed by atoms with Gasteiger partial charge in [0.2, 0.25) is 0 Å². The van der Waals surface area contributed by atoms with Crippen LogP contribution in [-0.4, -0.2) is 21.5 Å². The molecule has 1 aromatic carbocycles. The van der Waals surface area contributed by atoms with Crippen LogP contribution >= 0.6 is 0 Å². The van der Waals surface area contributed by atoms with Crippen molar-refractivity contribution in [1.82, 2.24) is 15.0 Å². The molecule has 0 saturated carbocycles. The van der Waals surface area contributed by atoms with Gasteiger partial charge in [-0.1, -0.05) is 0 Å². The van der Waals surface area contributed by atoms with Crippen LogP contribution < -0.4 is 5.73 Å². The lowest BCUT2D eigenvalue weighted by Crippen LogP contribution is -2.18. The maximum atomic E-state index is 5.58. The third kappa shape index (κ3) is 1.72. The van der Waals surface area contributed by atoms with Crippen LogP contribution in [0.25, 0.3) is 11.0 Å².